The number of urea groups is 1. The minimum atomic E-state index is -4.45. The van der Waals surface area contributed by atoms with Crippen LogP contribution in [0.1, 0.15) is 13.8 Å². The van der Waals surface area contributed by atoms with Crippen LogP contribution in [0.25, 0.3) is 0 Å². The first-order valence-electron chi connectivity index (χ1n) is 7.55. The van der Waals surface area contributed by atoms with Gasteiger partial charge in [0.1, 0.15) is 6.54 Å². The summed E-state index contributed by atoms with van der Waals surface area (Å²) in [5.74, 6) is -0.530. The largest absolute Gasteiger partial charge is 0.406 e. The van der Waals surface area contributed by atoms with E-state index in [4.69, 9.17) is 0 Å². The van der Waals surface area contributed by atoms with Crippen molar-refractivity contribution in [3.63, 3.8) is 0 Å². The van der Waals surface area contributed by atoms with Gasteiger partial charge in [-0.05, 0) is 13.0 Å². The number of likely N-dealkylation sites (N-methyl/N-ethyl adjacent to an activating group) is 2. The Balaban J connectivity index is 2.53. The molecule has 1 fully saturated rings. The topological polar surface area (TPSA) is 55.9 Å². The van der Waals surface area contributed by atoms with Gasteiger partial charge in [0.05, 0.1) is 6.54 Å². The molecule has 1 saturated heterocycles. The third kappa shape index (κ3) is 6.25. The first-order valence-corrected chi connectivity index (χ1v) is 7.55. The predicted molar refractivity (Wildman–Crippen MR) is 79.9 cm³/mol. The van der Waals surface area contributed by atoms with Crippen molar-refractivity contribution in [2.75, 3.05) is 46.8 Å². The van der Waals surface area contributed by atoms with Crippen LogP contribution in [0.4, 0.5) is 18.0 Å². The summed E-state index contributed by atoms with van der Waals surface area (Å²) >= 11 is 0. The summed E-state index contributed by atoms with van der Waals surface area (Å²) in [4.78, 5) is 28.2. The van der Waals surface area contributed by atoms with Crippen molar-refractivity contribution < 1.29 is 22.8 Å². The van der Waals surface area contributed by atoms with E-state index in [0.717, 1.165) is 20.1 Å². The molecule has 0 bridgehead atoms. The number of hydrogen-bond donors (Lipinski definition) is 1. The van der Waals surface area contributed by atoms with Crippen LogP contribution in [0, 0.1) is 5.92 Å². The summed E-state index contributed by atoms with van der Waals surface area (Å²) in [6.07, 6.45) is -4.45. The lowest BCUT2D eigenvalue weighted by molar-refractivity contribution is -0.157. The van der Waals surface area contributed by atoms with Gasteiger partial charge in [-0.3, -0.25) is 4.79 Å². The van der Waals surface area contributed by atoms with Crippen LogP contribution in [0.5, 0.6) is 0 Å². The van der Waals surface area contributed by atoms with Crippen LogP contribution in [0.2, 0.25) is 0 Å². The van der Waals surface area contributed by atoms with E-state index in [1.54, 1.807) is 4.90 Å². The third-order valence-corrected chi connectivity index (χ3v) is 3.89. The number of nitrogens with zero attached hydrogens (tertiary/aromatic N) is 3. The van der Waals surface area contributed by atoms with Crippen molar-refractivity contribution in [3.05, 3.63) is 0 Å². The lowest BCUT2D eigenvalue weighted by atomic mass is 10.0. The van der Waals surface area contributed by atoms with Crippen LogP contribution in [-0.4, -0.2) is 85.7 Å². The number of nitrogens with one attached hydrogen (secondary N) is 1. The van der Waals surface area contributed by atoms with Gasteiger partial charge in [-0.15, -0.1) is 0 Å². The number of rotatable bonds is 4. The molecule has 1 aliphatic rings. The van der Waals surface area contributed by atoms with Crippen LogP contribution in [-0.2, 0) is 4.79 Å². The number of piperazine rings is 1. The molecular formula is C14H25F3N4O2. The maximum absolute atomic E-state index is 12.2. The molecule has 0 aromatic carbocycles. The first-order chi connectivity index (χ1) is 10.5. The summed E-state index contributed by atoms with van der Waals surface area (Å²) in [6.45, 7) is 4.22. The fourth-order valence-electron chi connectivity index (χ4n) is 2.52. The minimum absolute atomic E-state index is 0.0109. The molecule has 3 amide bonds. The Morgan fingerprint density at radius 3 is 2.43 bits per heavy atom. The molecule has 134 valence electrons. The Hall–Kier alpha value is -1.51. The SMILES string of the molecule is CC(C)C1CN(C)CCN1C(=O)NCC(=O)N(C)CC(F)(F)F. The Kier molecular flexibility index (Phi) is 6.67. The predicted octanol–water partition coefficient (Wildman–Crippen LogP) is 0.989. The molecule has 0 aromatic heterocycles. The van der Waals surface area contributed by atoms with E-state index in [1.165, 1.54) is 0 Å². The second-order valence-corrected chi connectivity index (χ2v) is 6.29. The minimum Gasteiger partial charge on any atom is -0.335 e. The van der Waals surface area contributed by atoms with E-state index >= 15 is 0 Å². The van der Waals surface area contributed by atoms with Crippen molar-refractivity contribution in [1.82, 2.24) is 20.0 Å². The second-order valence-electron chi connectivity index (χ2n) is 6.29. The van der Waals surface area contributed by atoms with Crippen molar-refractivity contribution in [1.29, 1.82) is 0 Å². The van der Waals surface area contributed by atoms with Gasteiger partial charge in [0.25, 0.3) is 0 Å². The molecule has 0 saturated carbocycles. The highest BCUT2D eigenvalue weighted by molar-refractivity contribution is 5.84. The molecule has 6 nitrogen and oxygen atoms in total. The van der Waals surface area contributed by atoms with E-state index < -0.39 is 31.2 Å². The lowest BCUT2D eigenvalue weighted by Crippen LogP contribution is -2.59. The molecule has 23 heavy (non-hydrogen) atoms. The quantitative estimate of drug-likeness (QED) is 0.832. The fourth-order valence-corrected chi connectivity index (χ4v) is 2.52. The molecule has 0 spiro atoms. The van der Waals surface area contributed by atoms with Gasteiger partial charge in [-0.25, -0.2) is 4.79 Å². The summed E-state index contributed by atoms with van der Waals surface area (Å²) in [7, 11) is 3.04. The lowest BCUT2D eigenvalue weighted by Gasteiger charge is -2.42. The van der Waals surface area contributed by atoms with Crippen LogP contribution >= 0.6 is 0 Å². The normalized spacial score (nSPS) is 19.8. The molecule has 9 heteroatoms. The summed E-state index contributed by atoms with van der Waals surface area (Å²) < 4.78 is 36.7. The van der Waals surface area contributed by atoms with Crippen LogP contribution in [0.15, 0.2) is 0 Å². The average molecular weight is 338 g/mol. The molecule has 1 rings (SSSR count). The molecular weight excluding hydrogens is 313 g/mol. The number of hydrogen-bond acceptors (Lipinski definition) is 3. The molecule has 1 atom stereocenters. The summed E-state index contributed by atoms with van der Waals surface area (Å²) in [5, 5.41) is 2.43. The van der Waals surface area contributed by atoms with Crippen molar-refractivity contribution in [3.8, 4) is 0 Å². The monoisotopic (exact) mass is 338 g/mol. The molecule has 1 unspecified atom stereocenters. The van der Waals surface area contributed by atoms with Gasteiger partial charge >= 0.3 is 12.2 Å². The Morgan fingerprint density at radius 2 is 1.91 bits per heavy atom. The van der Waals surface area contributed by atoms with E-state index in [1.807, 2.05) is 20.9 Å². The summed E-state index contributed by atoms with van der Waals surface area (Å²) in [5.41, 5.74) is 0. The molecule has 0 aliphatic carbocycles. The van der Waals surface area contributed by atoms with Gasteiger partial charge in [-0.1, -0.05) is 13.8 Å². The van der Waals surface area contributed by atoms with E-state index in [9.17, 15) is 22.8 Å². The molecule has 1 N–H and O–H groups in total. The van der Waals surface area contributed by atoms with Crippen LogP contribution < -0.4 is 5.32 Å². The number of amides is 3. The first kappa shape index (κ1) is 19.5. The van der Waals surface area contributed by atoms with E-state index in [0.29, 0.717) is 11.4 Å². The van der Waals surface area contributed by atoms with Crippen molar-refractivity contribution in [2.45, 2.75) is 26.1 Å². The Bertz CT molecular complexity index is 429. The molecule has 1 heterocycles. The molecule has 0 aromatic rings. The van der Waals surface area contributed by atoms with Gasteiger partial charge in [0.2, 0.25) is 5.91 Å². The highest BCUT2D eigenvalue weighted by atomic mass is 19.4. The average Bonchev–Trinajstić information content (AvgIpc) is 2.42. The number of alkyl halides is 3. The fraction of sp³-hybridized carbons (Fsp3) is 0.857. The Morgan fingerprint density at radius 1 is 1.30 bits per heavy atom. The number of carbonyl (C=O) groups is 2. The summed E-state index contributed by atoms with van der Waals surface area (Å²) in [6, 6.07) is -0.401. The zero-order chi connectivity index (χ0) is 17.8. The Labute approximate surface area is 134 Å². The second kappa shape index (κ2) is 7.85. The zero-order valence-electron chi connectivity index (χ0n) is 14.0. The van der Waals surface area contributed by atoms with Crippen molar-refractivity contribution in [2.24, 2.45) is 5.92 Å². The highest BCUT2D eigenvalue weighted by Crippen LogP contribution is 2.17. The smallest absolute Gasteiger partial charge is 0.335 e. The van der Waals surface area contributed by atoms with Gasteiger partial charge in [0, 0.05) is 32.7 Å². The standard InChI is InChI=1S/C14H25F3N4O2/c1-10(2)11-8-19(3)5-6-21(11)13(23)18-7-12(22)20(4)9-14(15,16)17/h10-11H,5-9H2,1-4H3,(H,18,23). The maximum Gasteiger partial charge on any atom is 0.406 e. The molecule has 1 aliphatic heterocycles. The van der Waals surface area contributed by atoms with E-state index in [-0.39, 0.29) is 12.0 Å². The number of carbonyl (C=O) groups excluding carboxylic acids is 2. The van der Waals surface area contributed by atoms with Gasteiger partial charge in [0.15, 0.2) is 0 Å². The molecule has 0 radical (unpaired) electrons. The van der Waals surface area contributed by atoms with E-state index in [2.05, 4.69) is 10.2 Å². The number of halogens is 3. The van der Waals surface area contributed by atoms with Crippen molar-refractivity contribution >= 4 is 11.9 Å². The maximum atomic E-state index is 12.2. The van der Waals surface area contributed by atoms with Gasteiger partial charge < -0.3 is 20.0 Å². The highest BCUT2D eigenvalue weighted by Gasteiger charge is 2.33. The van der Waals surface area contributed by atoms with Gasteiger partial charge in [-0.2, -0.15) is 13.2 Å². The van der Waals surface area contributed by atoms with Crippen LogP contribution in [0.3, 0.4) is 0 Å². The third-order valence-electron chi connectivity index (χ3n) is 3.89. The zero-order valence-corrected chi connectivity index (χ0v) is 14.0.